The van der Waals surface area contributed by atoms with Crippen LogP contribution in [0, 0.1) is 0 Å². The third kappa shape index (κ3) is 4.86. The molecule has 3 aromatic rings. The fraction of sp³-hybridized carbons (Fsp3) is 0.167. The monoisotopic (exact) mass is 373 g/mol. The molecule has 0 bridgehead atoms. The van der Waals surface area contributed by atoms with E-state index in [-0.39, 0.29) is 11.5 Å². The Bertz CT molecular complexity index is 963. The van der Waals surface area contributed by atoms with Crippen LogP contribution in [0.2, 0.25) is 0 Å². The smallest absolute Gasteiger partial charge is 0.337 e. The number of anilines is 1. The van der Waals surface area contributed by atoms with Gasteiger partial charge in [0.2, 0.25) is 0 Å². The van der Waals surface area contributed by atoms with Gasteiger partial charge in [-0.05, 0) is 60.2 Å². The zero-order valence-corrected chi connectivity index (χ0v) is 15.8. The van der Waals surface area contributed by atoms with Crippen molar-refractivity contribution in [2.24, 2.45) is 0 Å². The Labute approximate surface area is 164 Å². The summed E-state index contributed by atoms with van der Waals surface area (Å²) in [6, 6.07) is 22.4. The molecular weight excluding hydrogens is 350 g/mol. The topological polar surface area (TPSA) is 66.4 Å². The third-order valence-electron chi connectivity index (χ3n) is 4.73. The molecule has 0 atom stereocenters. The summed E-state index contributed by atoms with van der Waals surface area (Å²) in [5.74, 6) is -1.39. The number of carboxylic acids is 1. The lowest BCUT2D eigenvalue weighted by molar-refractivity contribution is 0.0698. The van der Waals surface area contributed by atoms with E-state index >= 15 is 0 Å². The van der Waals surface area contributed by atoms with Gasteiger partial charge < -0.3 is 10.4 Å². The molecule has 142 valence electrons. The highest BCUT2D eigenvalue weighted by molar-refractivity contribution is 6.07. The number of benzene rings is 3. The van der Waals surface area contributed by atoms with E-state index in [1.165, 1.54) is 11.1 Å². The minimum Gasteiger partial charge on any atom is -0.478 e. The molecule has 0 saturated carbocycles. The average Bonchev–Trinajstić information content (AvgIpc) is 2.73. The van der Waals surface area contributed by atoms with Crippen molar-refractivity contribution in [3.05, 3.63) is 101 Å². The van der Waals surface area contributed by atoms with Crippen molar-refractivity contribution in [1.82, 2.24) is 0 Å². The highest BCUT2D eigenvalue weighted by Gasteiger charge is 2.14. The summed E-state index contributed by atoms with van der Waals surface area (Å²) in [5.41, 5.74) is 4.41. The van der Waals surface area contributed by atoms with Crippen LogP contribution in [0.1, 0.15) is 44.3 Å². The van der Waals surface area contributed by atoms with E-state index in [1.807, 2.05) is 12.1 Å². The number of carbonyl (C=O) groups excluding carboxylic acids is 1. The van der Waals surface area contributed by atoms with Gasteiger partial charge in [-0.3, -0.25) is 4.79 Å². The van der Waals surface area contributed by atoms with E-state index in [1.54, 1.807) is 36.4 Å². The molecule has 0 radical (unpaired) electrons. The molecule has 0 aromatic heterocycles. The Morgan fingerprint density at radius 2 is 1.43 bits per heavy atom. The minimum atomic E-state index is -1.06. The molecule has 0 aliphatic carbocycles. The molecule has 3 rings (SSSR count). The second-order valence-electron chi connectivity index (χ2n) is 6.68. The lowest BCUT2D eigenvalue weighted by Gasteiger charge is -2.11. The largest absolute Gasteiger partial charge is 0.478 e. The molecule has 0 unspecified atom stereocenters. The van der Waals surface area contributed by atoms with Crippen LogP contribution in [-0.4, -0.2) is 17.0 Å². The number of amides is 1. The maximum Gasteiger partial charge on any atom is 0.337 e. The summed E-state index contributed by atoms with van der Waals surface area (Å²) in [7, 11) is 0. The standard InChI is InChI=1S/C24H23NO3/c1-2-17-8-10-18(11-9-17)12-13-19-14-15-21(24(27)28)22(16-19)25-23(26)20-6-4-3-5-7-20/h3-11,14-16H,2,12-13H2,1H3,(H,25,26)(H,27,28). The molecule has 0 saturated heterocycles. The maximum absolute atomic E-state index is 12.4. The van der Waals surface area contributed by atoms with Gasteiger partial charge in [-0.2, -0.15) is 0 Å². The Morgan fingerprint density at radius 3 is 2.07 bits per heavy atom. The van der Waals surface area contributed by atoms with E-state index in [0.29, 0.717) is 11.3 Å². The molecule has 0 aliphatic rings. The normalized spacial score (nSPS) is 10.5. The summed E-state index contributed by atoms with van der Waals surface area (Å²) < 4.78 is 0. The number of carbonyl (C=O) groups is 2. The maximum atomic E-state index is 12.4. The number of aryl methyl sites for hydroxylation is 3. The Morgan fingerprint density at radius 1 is 0.821 bits per heavy atom. The molecule has 0 heterocycles. The van der Waals surface area contributed by atoms with Crippen molar-refractivity contribution in [1.29, 1.82) is 0 Å². The molecule has 4 nitrogen and oxygen atoms in total. The van der Waals surface area contributed by atoms with Crippen molar-refractivity contribution < 1.29 is 14.7 Å². The lowest BCUT2D eigenvalue weighted by Crippen LogP contribution is -2.15. The van der Waals surface area contributed by atoms with Gasteiger partial charge in [0.25, 0.3) is 5.91 Å². The summed E-state index contributed by atoms with van der Waals surface area (Å²) in [6.45, 7) is 2.13. The highest BCUT2D eigenvalue weighted by Crippen LogP contribution is 2.21. The Kier molecular flexibility index (Phi) is 6.22. The van der Waals surface area contributed by atoms with Gasteiger partial charge in [-0.25, -0.2) is 4.79 Å². The van der Waals surface area contributed by atoms with Crippen molar-refractivity contribution >= 4 is 17.6 Å². The van der Waals surface area contributed by atoms with Crippen molar-refractivity contribution in [2.45, 2.75) is 26.2 Å². The predicted molar refractivity (Wildman–Crippen MR) is 111 cm³/mol. The Balaban J connectivity index is 1.76. The molecule has 1 amide bonds. The molecule has 3 aromatic carbocycles. The molecule has 2 N–H and O–H groups in total. The van der Waals surface area contributed by atoms with Gasteiger partial charge in [-0.1, -0.05) is 55.5 Å². The number of carboxylic acid groups (broad SMARTS) is 1. The molecule has 28 heavy (non-hydrogen) atoms. The highest BCUT2D eigenvalue weighted by atomic mass is 16.4. The summed E-state index contributed by atoms with van der Waals surface area (Å²) >= 11 is 0. The second-order valence-corrected chi connectivity index (χ2v) is 6.68. The summed E-state index contributed by atoms with van der Waals surface area (Å²) in [5, 5.41) is 12.2. The molecule has 0 fully saturated rings. The lowest BCUT2D eigenvalue weighted by atomic mass is 10.0. The molecule has 0 aliphatic heterocycles. The van der Waals surface area contributed by atoms with Gasteiger partial charge >= 0.3 is 5.97 Å². The average molecular weight is 373 g/mol. The molecule has 0 spiro atoms. The number of hydrogen-bond donors (Lipinski definition) is 2. The number of rotatable bonds is 7. The van der Waals surface area contributed by atoms with Crippen LogP contribution in [-0.2, 0) is 19.3 Å². The van der Waals surface area contributed by atoms with E-state index in [4.69, 9.17) is 0 Å². The van der Waals surface area contributed by atoms with E-state index in [9.17, 15) is 14.7 Å². The van der Waals surface area contributed by atoms with E-state index in [0.717, 1.165) is 24.8 Å². The third-order valence-corrected chi connectivity index (χ3v) is 4.73. The molecular formula is C24H23NO3. The van der Waals surface area contributed by atoms with Gasteiger partial charge in [-0.15, -0.1) is 0 Å². The van der Waals surface area contributed by atoms with Crippen LogP contribution in [0.5, 0.6) is 0 Å². The fourth-order valence-electron chi connectivity index (χ4n) is 3.05. The van der Waals surface area contributed by atoms with Crippen LogP contribution < -0.4 is 5.32 Å². The van der Waals surface area contributed by atoms with Crippen molar-refractivity contribution in [3.8, 4) is 0 Å². The van der Waals surface area contributed by atoms with Gasteiger partial charge in [0.1, 0.15) is 0 Å². The SMILES string of the molecule is CCc1ccc(CCc2ccc(C(=O)O)c(NC(=O)c3ccccc3)c2)cc1. The Hall–Kier alpha value is -3.40. The number of hydrogen-bond acceptors (Lipinski definition) is 2. The quantitative estimate of drug-likeness (QED) is 0.613. The number of nitrogens with one attached hydrogen (secondary N) is 1. The van der Waals surface area contributed by atoms with Crippen LogP contribution in [0.15, 0.2) is 72.8 Å². The van der Waals surface area contributed by atoms with Crippen LogP contribution in [0.25, 0.3) is 0 Å². The zero-order chi connectivity index (χ0) is 19.9. The first-order valence-electron chi connectivity index (χ1n) is 9.37. The number of aromatic carboxylic acids is 1. The van der Waals surface area contributed by atoms with Crippen LogP contribution in [0.4, 0.5) is 5.69 Å². The van der Waals surface area contributed by atoms with Gasteiger partial charge in [0.05, 0.1) is 11.3 Å². The first kappa shape index (κ1) is 19.4. The first-order valence-corrected chi connectivity index (χ1v) is 9.37. The summed E-state index contributed by atoms with van der Waals surface area (Å²) in [6.07, 6.45) is 2.63. The van der Waals surface area contributed by atoms with Crippen LogP contribution in [0.3, 0.4) is 0 Å². The summed E-state index contributed by atoms with van der Waals surface area (Å²) in [4.78, 5) is 24.0. The second kappa shape index (κ2) is 9.00. The van der Waals surface area contributed by atoms with Crippen LogP contribution >= 0.6 is 0 Å². The van der Waals surface area contributed by atoms with E-state index < -0.39 is 5.97 Å². The minimum absolute atomic E-state index is 0.0836. The van der Waals surface area contributed by atoms with Gasteiger partial charge in [0.15, 0.2) is 0 Å². The predicted octanol–water partition coefficient (Wildman–Crippen LogP) is 4.98. The van der Waals surface area contributed by atoms with Crippen molar-refractivity contribution in [3.63, 3.8) is 0 Å². The van der Waals surface area contributed by atoms with E-state index in [2.05, 4.69) is 36.5 Å². The fourth-order valence-corrected chi connectivity index (χ4v) is 3.05. The van der Waals surface area contributed by atoms with Crippen molar-refractivity contribution in [2.75, 3.05) is 5.32 Å². The zero-order valence-electron chi connectivity index (χ0n) is 15.8. The first-order chi connectivity index (χ1) is 13.6. The van der Waals surface area contributed by atoms with Gasteiger partial charge in [0, 0.05) is 5.56 Å². The molecule has 4 heteroatoms.